The Hall–Kier alpha value is -2.14. The Morgan fingerprint density at radius 1 is 1.10 bits per heavy atom. The van der Waals surface area contributed by atoms with Gasteiger partial charge in [-0.25, -0.2) is 9.97 Å². The van der Waals surface area contributed by atoms with Crippen LogP contribution in [-0.4, -0.2) is 36.3 Å². The molecular formula is C16H20N4O. The van der Waals surface area contributed by atoms with E-state index in [4.69, 9.17) is 4.74 Å². The molecule has 1 aromatic heterocycles. The van der Waals surface area contributed by atoms with Crippen molar-refractivity contribution >= 4 is 11.4 Å². The fourth-order valence-electron chi connectivity index (χ4n) is 2.33. The molecule has 1 aromatic carbocycles. The SMILES string of the molecule is Cc1ncc(CNc2ccc(N3CCOCC3)cc2)cn1. The Kier molecular flexibility index (Phi) is 4.31. The number of benzene rings is 1. The maximum absolute atomic E-state index is 5.37. The van der Waals surface area contributed by atoms with Crippen LogP contribution < -0.4 is 10.2 Å². The lowest BCUT2D eigenvalue weighted by atomic mass is 10.2. The minimum atomic E-state index is 0.733. The molecule has 0 spiro atoms. The van der Waals surface area contributed by atoms with Gasteiger partial charge in [0.25, 0.3) is 0 Å². The molecule has 0 atom stereocenters. The van der Waals surface area contributed by atoms with Gasteiger partial charge in [-0.1, -0.05) is 0 Å². The summed E-state index contributed by atoms with van der Waals surface area (Å²) in [7, 11) is 0. The Balaban J connectivity index is 1.57. The number of aromatic nitrogens is 2. The van der Waals surface area contributed by atoms with Gasteiger partial charge < -0.3 is 15.0 Å². The molecule has 3 rings (SSSR count). The summed E-state index contributed by atoms with van der Waals surface area (Å²) < 4.78 is 5.37. The van der Waals surface area contributed by atoms with E-state index in [1.54, 1.807) is 0 Å². The highest BCUT2D eigenvalue weighted by Crippen LogP contribution is 2.19. The van der Waals surface area contributed by atoms with Crippen molar-refractivity contribution in [2.24, 2.45) is 0 Å². The molecule has 21 heavy (non-hydrogen) atoms. The molecule has 0 unspecified atom stereocenters. The van der Waals surface area contributed by atoms with Gasteiger partial charge in [-0.15, -0.1) is 0 Å². The Morgan fingerprint density at radius 2 is 1.76 bits per heavy atom. The predicted molar refractivity (Wildman–Crippen MR) is 83.6 cm³/mol. The van der Waals surface area contributed by atoms with E-state index in [1.807, 2.05) is 19.3 Å². The van der Waals surface area contributed by atoms with Crippen molar-refractivity contribution in [1.82, 2.24) is 9.97 Å². The number of nitrogens with zero attached hydrogens (tertiary/aromatic N) is 3. The second-order valence-corrected chi connectivity index (χ2v) is 5.14. The summed E-state index contributed by atoms with van der Waals surface area (Å²) in [6.45, 7) is 6.18. The van der Waals surface area contributed by atoms with E-state index in [0.717, 1.165) is 49.9 Å². The van der Waals surface area contributed by atoms with Crippen LogP contribution in [0.5, 0.6) is 0 Å². The number of hydrogen-bond donors (Lipinski definition) is 1. The van der Waals surface area contributed by atoms with E-state index in [-0.39, 0.29) is 0 Å². The van der Waals surface area contributed by atoms with Crippen LogP contribution in [0.4, 0.5) is 11.4 Å². The minimum Gasteiger partial charge on any atom is -0.381 e. The number of hydrogen-bond acceptors (Lipinski definition) is 5. The van der Waals surface area contributed by atoms with E-state index >= 15 is 0 Å². The maximum Gasteiger partial charge on any atom is 0.125 e. The minimum absolute atomic E-state index is 0.733. The van der Waals surface area contributed by atoms with Gasteiger partial charge in [0, 0.05) is 49.0 Å². The van der Waals surface area contributed by atoms with Gasteiger partial charge in [-0.05, 0) is 31.2 Å². The van der Waals surface area contributed by atoms with E-state index in [1.165, 1.54) is 5.69 Å². The highest BCUT2D eigenvalue weighted by molar-refractivity contribution is 5.55. The first-order valence-corrected chi connectivity index (χ1v) is 7.25. The standard InChI is InChI=1S/C16H20N4O/c1-13-17-10-14(11-18-13)12-19-15-2-4-16(5-3-15)20-6-8-21-9-7-20/h2-5,10-11,19H,6-9,12H2,1H3. The largest absolute Gasteiger partial charge is 0.381 e. The van der Waals surface area contributed by atoms with Crippen molar-refractivity contribution in [3.8, 4) is 0 Å². The zero-order chi connectivity index (χ0) is 14.5. The molecule has 1 fully saturated rings. The third-order valence-corrected chi connectivity index (χ3v) is 3.57. The van der Waals surface area contributed by atoms with Crippen molar-refractivity contribution in [2.75, 3.05) is 36.5 Å². The molecule has 2 heterocycles. The molecule has 1 saturated heterocycles. The highest BCUT2D eigenvalue weighted by atomic mass is 16.5. The summed E-state index contributed by atoms with van der Waals surface area (Å²) in [6, 6.07) is 8.53. The quantitative estimate of drug-likeness (QED) is 0.933. The Labute approximate surface area is 125 Å². The van der Waals surface area contributed by atoms with Crippen LogP contribution in [0.25, 0.3) is 0 Å². The fraction of sp³-hybridized carbons (Fsp3) is 0.375. The van der Waals surface area contributed by atoms with Crippen LogP contribution in [-0.2, 0) is 11.3 Å². The first-order chi connectivity index (χ1) is 10.3. The van der Waals surface area contributed by atoms with Crippen molar-refractivity contribution in [2.45, 2.75) is 13.5 Å². The number of ether oxygens (including phenoxy) is 1. The van der Waals surface area contributed by atoms with Crippen LogP contribution in [0.15, 0.2) is 36.7 Å². The molecule has 1 N–H and O–H groups in total. The molecule has 110 valence electrons. The van der Waals surface area contributed by atoms with Gasteiger partial charge in [0.15, 0.2) is 0 Å². The van der Waals surface area contributed by atoms with Gasteiger partial charge in [-0.2, -0.15) is 0 Å². The van der Waals surface area contributed by atoms with Gasteiger partial charge in [0.1, 0.15) is 5.82 Å². The lowest BCUT2D eigenvalue weighted by Gasteiger charge is -2.28. The second kappa shape index (κ2) is 6.54. The average molecular weight is 284 g/mol. The first kappa shape index (κ1) is 13.8. The molecule has 0 bridgehead atoms. The summed E-state index contributed by atoms with van der Waals surface area (Å²) >= 11 is 0. The topological polar surface area (TPSA) is 50.3 Å². The van der Waals surface area contributed by atoms with Crippen molar-refractivity contribution in [3.63, 3.8) is 0 Å². The van der Waals surface area contributed by atoms with Crippen molar-refractivity contribution in [3.05, 3.63) is 48.0 Å². The predicted octanol–water partition coefficient (Wildman–Crippen LogP) is 2.23. The molecule has 0 aliphatic carbocycles. The lowest BCUT2D eigenvalue weighted by molar-refractivity contribution is 0.122. The van der Waals surface area contributed by atoms with Crippen LogP contribution in [0.3, 0.4) is 0 Å². The molecule has 1 aliphatic rings. The smallest absolute Gasteiger partial charge is 0.125 e. The molecule has 2 aromatic rings. The summed E-state index contributed by atoms with van der Waals surface area (Å²) in [5.41, 5.74) is 3.44. The second-order valence-electron chi connectivity index (χ2n) is 5.14. The van der Waals surface area contributed by atoms with E-state index < -0.39 is 0 Å². The van der Waals surface area contributed by atoms with Gasteiger partial charge in [-0.3, -0.25) is 0 Å². The van der Waals surface area contributed by atoms with Crippen LogP contribution >= 0.6 is 0 Å². The highest BCUT2D eigenvalue weighted by Gasteiger charge is 2.10. The number of aryl methyl sites for hydroxylation is 1. The molecule has 1 aliphatic heterocycles. The normalized spacial score (nSPS) is 15.0. The summed E-state index contributed by atoms with van der Waals surface area (Å²) in [6.07, 6.45) is 3.72. The molecule has 5 heteroatoms. The number of anilines is 2. The maximum atomic E-state index is 5.37. The van der Waals surface area contributed by atoms with Crippen molar-refractivity contribution in [1.29, 1.82) is 0 Å². The van der Waals surface area contributed by atoms with Crippen LogP contribution in [0.1, 0.15) is 11.4 Å². The summed E-state index contributed by atoms with van der Waals surface area (Å²) in [5.74, 6) is 0.800. The monoisotopic (exact) mass is 284 g/mol. The third kappa shape index (κ3) is 3.70. The molecular weight excluding hydrogens is 264 g/mol. The van der Waals surface area contributed by atoms with Crippen LogP contribution in [0.2, 0.25) is 0 Å². The Bertz CT molecular complexity index is 562. The van der Waals surface area contributed by atoms with Gasteiger partial charge >= 0.3 is 0 Å². The zero-order valence-electron chi connectivity index (χ0n) is 12.2. The zero-order valence-corrected chi connectivity index (χ0v) is 12.2. The summed E-state index contributed by atoms with van der Waals surface area (Å²) in [5, 5.41) is 3.39. The van der Waals surface area contributed by atoms with Gasteiger partial charge in [0.05, 0.1) is 13.2 Å². The van der Waals surface area contributed by atoms with E-state index in [9.17, 15) is 0 Å². The molecule has 0 radical (unpaired) electrons. The third-order valence-electron chi connectivity index (χ3n) is 3.57. The van der Waals surface area contributed by atoms with Crippen LogP contribution in [0, 0.1) is 6.92 Å². The fourth-order valence-corrected chi connectivity index (χ4v) is 2.33. The van der Waals surface area contributed by atoms with Gasteiger partial charge in [0.2, 0.25) is 0 Å². The molecule has 0 amide bonds. The first-order valence-electron chi connectivity index (χ1n) is 7.25. The number of nitrogens with one attached hydrogen (secondary N) is 1. The molecule has 5 nitrogen and oxygen atoms in total. The summed E-state index contributed by atoms with van der Waals surface area (Å²) in [4.78, 5) is 10.7. The lowest BCUT2D eigenvalue weighted by Crippen LogP contribution is -2.36. The number of rotatable bonds is 4. The average Bonchev–Trinajstić information content (AvgIpc) is 2.56. The molecule has 0 saturated carbocycles. The van der Waals surface area contributed by atoms with E-state index in [0.29, 0.717) is 0 Å². The number of morpholine rings is 1. The van der Waals surface area contributed by atoms with E-state index in [2.05, 4.69) is 44.5 Å². The van der Waals surface area contributed by atoms with Crippen molar-refractivity contribution < 1.29 is 4.74 Å². The Morgan fingerprint density at radius 3 is 2.43 bits per heavy atom.